The molecule has 22 heavy (non-hydrogen) atoms. The largest absolute Gasteiger partial charge is 0.361 e. The molecule has 0 aliphatic carbocycles. The van der Waals surface area contributed by atoms with Gasteiger partial charge in [0.1, 0.15) is 0 Å². The Bertz CT molecular complexity index is 669. The molecule has 1 aromatic carbocycles. The Morgan fingerprint density at radius 3 is 2.45 bits per heavy atom. The lowest BCUT2D eigenvalue weighted by Gasteiger charge is -2.52. The molecule has 120 valence electrons. The number of aromatic amines is 1. The summed E-state index contributed by atoms with van der Waals surface area (Å²) in [5, 5.41) is 1.36. The van der Waals surface area contributed by atoms with E-state index in [0.29, 0.717) is 5.92 Å². The zero-order chi connectivity index (χ0) is 16.1. The summed E-state index contributed by atoms with van der Waals surface area (Å²) in [4.78, 5) is 5.43. The van der Waals surface area contributed by atoms with Crippen LogP contribution in [0.3, 0.4) is 0 Å². The van der Waals surface area contributed by atoms with E-state index in [9.17, 15) is 0 Å². The van der Waals surface area contributed by atoms with Crippen LogP contribution in [0.25, 0.3) is 10.9 Å². The highest BCUT2D eigenvalue weighted by Gasteiger charge is 2.45. The van der Waals surface area contributed by atoms with Crippen LogP contribution < -0.4 is 0 Å². The van der Waals surface area contributed by atoms with Gasteiger partial charge in [0.25, 0.3) is 0 Å². The maximum atomic E-state index is 4.92. The molecular weight excluding hydrogens is 308 g/mol. The summed E-state index contributed by atoms with van der Waals surface area (Å²) < 4.78 is 0. The van der Waals surface area contributed by atoms with Crippen molar-refractivity contribution in [3.8, 4) is 0 Å². The molecular formula is C18H26N2S2. The minimum absolute atomic E-state index is 0.147. The number of hydrogen-bond acceptors (Lipinski definition) is 3. The minimum atomic E-state index is -0.147. The summed E-state index contributed by atoms with van der Waals surface area (Å²) >= 11 is 9.83. The molecule has 0 saturated carbocycles. The Morgan fingerprint density at radius 2 is 1.86 bits per heavy atom. The second-order valence-electron chi connectivity index (χ2n) is 7.08. The molecule has 1 fully saturated rings. The number of likely N-dealkylation sites (tertiary alicyclic amines) is 1. The van der Waals surface area contributed by atoms with E-state index in [1.807, 2.05) is 0 Å². The molecule has 0 bridgehead atoms. The monoisotopic (exact) mass is 334 g/mol. The van der Waals surface area contributed by atoms with Crippen LogP contribution in [0, 0.1) is 0 Å². The van der Waals surface area contributed by atoms with Crippen molar-refractivity contribution in [3.05, 3.63) is 35.5 Å². The smallest absolute Gasteiger partial charge is 0.0626 e. The second-order valence-corrected chi connectivity index (χ2v) is 9.00. The molecule has 2 nitrogen and oxygen atoms in total. The SMILES string of the molecule is CCc1ccc2[nH]cc(C3CC(C)(S)N(C)C(C)(S)C3)c2c1. The van der Waals surface area contributed by atoms with Crippen LogP contribution in [0.5, 0.6) is 0 Å². The second kappa shape index (κ2) is 5.50. The molecule has 0 amide bonds. The Labute approximate surface area is 144 Å². The highest BCUT2D eigenvalue weighted by atomic mass is 32.1. The highest BCUT2D eigenvalue weighted by molar-refractivity contribution is 7.82. The van der Waals surface area contributed by atoms with Gasteiger partial charge in [-0.05, 0) is 69.3 Å². The molecule has 1 aromatic heterocycles. The number of aromatic nitrogens is 1. The average Bonchev–Trinajstić information content (AvgIpc) is 2.86. The number of benzene rings is 1. The van der Waals surface area contributed by atoms with Gasteiger partial charge >= 0.3 is 0 Å². The number of thiol groups is 2. The first-order valence-corrected chi connectivity index (χ1v) is 8.92. The average molecular weight is 335 g/mol. The number of hydrogen-bond donors (Lipinski definition) is 3. The molecule has 1 aliphatic rings. The van der Waals surface area contributed by atoms with Crippen LogP contribution in [-0.2, 0) is 6.42 Å². The Balaban J connectivity index is 2.04. The molecule has 2 aromatic rings. The maximum Gasteiger partial charge on any atom is 0.0626 e. The summed E-state index contributed by atoms with van der Waals surface area (Å²) in [5.74, 6) is 0.474. The van der Waals surface area contributed by atoms with Gasteiger partial charge in [0, 0.05) is 17.1 Å². The molecule has 4 heteroatoms. The van der Waals surface area contributed by atoms with Gasteiger partial charge in [-0.25, -0.2) is 0 Å². The third-order valence-electron chi connectivity index (χ3n) is 5.34. The molecule has 0 radical (unpaired) electrons. The van der Waals surface area contributed by atoms with E-state index in [2.05, 4.69) is 62.1 Å². The fourth-order valence-electron chi connectivity index (χ4n) is 3.77. The van der Waals surface area contributed by atoms with Gasteiger partial charge in [0.15, 0.2) is 0 Å². The predicted molar refractivity (Wildman–Crippen MR) is 102 cm³/mol. The van der Waals surface area contributed by atoms with Crippen LogP contribution in [0.15, 0.2) is 24.4 Å². The quantitative estimate of drug-likeness (QED) is 0.671. The standard InChI is InChI=1S/C18H26N2S2/c1-5-12-6-7-16-14(8-12)15(11-19-16)13-9-17(2,21)20(4)18(3,22)10-13/h6-8,11,13,19,21-22H,5,9-10H2,1-4H3. The van der Waals surface area contributed by atoms with Crippen molar-refractivity contribution in [1.29, 1.82) is 0 Å². The summed E-state index contributed by atoms with van der Waals surface area (Å²) in [6.07, 6.45) is 5.33. The Kier molecular flexibility index (Phi) is 4.07. The number of aryl methyl sites for hydroxylation is 1. The van der Waals surface area contributed by atoms with E-state index < -0.39 is 0 Å². The van der Waals surface area contributed by atoms with Crippen LogP contribution in [-0.4, -0.2) is 26.7 Å². The summed E-state index contributed by atoms with van der Waals surface area (Å²) in [6, 6.07) is 6.75. The van der Waals surface area contributed by atoms with Gasteiger partial charge < -0.3 is 4.98 Å². The Hall–Kier alpha value is -0.580. The topological polar surface area (TPSA) is 19.0 Å². The Morgan fingerprint density at radius 1 is 1.23 bits per heavy atom. The molecule has 1 aliphatic heterocycles. The molecule has 1 N–H and O–H groups in total. The third kappa shape index (κ3) is 2.70. The number of nitrogens with one attached hydrogen (secondary N) is 1. The van der Waals surface area contributed by atoms with Crippen molar-refractivity contribution in [1.82, 2.24) is 9.88 Å². The van der Waals surface area contributed by atoms with Crippen LogP contribution in [0.1, 0.15) is 50.7 Å². The van der Waals surface area contributed by atoms with E-state index in [0.717, 1.165) is 19.3 Å². The van der Waals surface area contributed by atoms with Gasteiger partial charge in [0.05, 0.1) is 9.74 Å². The van der Waals surface area contributed by atoms with Gasteiger partial charge in [0.2, 0.25) is 0 Å². The molecule has 1 saturated heterocycles. The van der Waals surface area contributed by atoms with Crippen molar-refractivity contribution < 1.29 is 0 Å². The lowest BCUT2D eigenvalue weighted by atomic mass is 9.81. The first kappa shape index (κ1) is 16.3. The fraction of sp³-hybridized carbons (Fsp3) is 0.556. The van der Waals surface area contributed by atoms with Crippen molar-refractivity contribution in [3.63, 3.8) is 0 Å². The molecule has 2 atom stereocenters. The fourth-order valence-corrected chi connectivity index (χ4v) is 4.73. The van der Waals surface area contributed by atoms with Crippen molar-refractivity contribution in [2.24, 2.45) is 0 Å². The minimum Gasteiger partial charge on any atom is -0.361 e. The summed E-state index contributed by atoms with van der Waals surface area (Å²) in [5.41, 5.74) is 4.04. The van der Waals surface area contributed by atoms with Gasteiger partial charge in [-0.3, -0.25) is 4.90 Å². The van der Waals surface area contributed by atoms with Gasteiger partial charge in [-0.15, -0.1) is 0 Å². The number of fused-ring (bicyclic) bond motifs is 1. The van der Waals surface area contributed by atoms with Crippen molar-refractivity contribution >= 4 is 36.2 Å². The van der Waals surface area contributed by atoms with Crippen molar-refractivity contribution in [2.45, 2.75) is 55.7 Å². The maximum absolute atomic E-state index is 4.92. The molecule has 3 rings (SSSR count). The zero-order valence-corrected chi connectivity index (χ0v) is 15.6. The lowest BCUT2D eigenvalue weighted by Crippen LogP contribution is -2.55. The number of rotatable bonds is 2. The van der Waals surface area contributed by atoms with Gasteiger partial charge in [-0.2, -0.15) is 25.3 Å². The molecule has 2 heterocycles. The summed E-state index contributed by atoms with van der Waals surface area (Å²) in [7, 11) is 2.13. The van der Waals surface area contributed by atoms with E-state index in [4.69, 9.17) is 25.3 Å². The van der Waals surface area contributed by atoms with E-state index in [1.54, 1.807) is 0 Å². The van der Waals surface area contributed by atoms with Crippen molar-refractivity contribution in [2.75, 3.05) is 7.05 Å². The summed E-state index contributed by atoms with van der Waals surface area (Å²) in [6.45, 7) is 6.60. The first-order valence-electron chi connectivity index (χ1n) is 8.03. The predicted octanol–water partition coefficient (Wildman–Crippen LogP) is 4.83. The molecule has 0 spiro atoms. The van der Waals surface area contributed by atoms with E-state index >= 15 is 0 Å². The van der Waals surface area contributed by atoms with E-state index in [1.165, 1.54) is 22.0 Å². The van der Waals surface area contributed by atoms with Gasteiger partial charge in [-0.1, -0.05) is 13.0 Å². The number of H-pyrrole nitrogens is 1. The molecule has 2 unspecified atom stereocenters. The normalized spacial score (nSPS) is 33.5. The highest BCUT2D eigenvalue weighted by Crippen LogP contribution is 2.49. The third-order valence-corrected chi connectivity index (χ3v) is 6.30. The van der Waals surface area contributed by atoms with Crippen LogP contribution in [0.4, 0.5) is 0 Å². The zero-order valence-electron chi connectivity index (χ0n) is 13.8. The van der Waals surface area contributed by atoms with Crippen LogP contribution >= 0.6 is 25.3 Å². The number of piperidine rings is 1. The number of nitrogens with zero attached hydrogens (tertiary/aromatic N) is 1. The van der Waals surface area contributed by atoms with Crippen LogP contribution in [0.2, 0.25) is 0 Å². The first-order chi connectivity index (χ1) is 10.2. The van der Waals surface area contributed by atoms with E-state index in [-0.39, 0.29) is 9.74 Å². The lowest BCUT2D eigenvalue weighted by molar-refractivity contribution is 0.0799.